The summed E-state index contributed by atoms with van der Waals surface area (Å²) < 4.78 is 4.88. The van der Waals surface area contributed by atoms with Gasteiger partial charge in [0.25, 0.3) is 0 Å². The van der Waals surface area contributed by atoms with E-state index in [4.69, 9.17) is 9.84 Å². The molecule has 0 radical (unpaired) electrons. The molecule has 0 aromatic carbocycles. The Labute approximate surface area is 48.5 Å². The van der Waals surface area contributed by atoms with Gasteiger partial charge in [0.05, 0.1) is 6.61 Å². The maximum absolute atomic E-state index is 8.41. The number of hydrogen-bond donors (Lipinski definition) is 1. The summed E-state index contributed by atoms with van der Waals surface area (Å²) in [6, 6.07) is 0. The fraction of sp³-hybridized carbons (Fsp3) is 0.667. The van der Waals surface area contributed by atoms with E-state index in [1.54, 1.807) is 6.92 Å². The molecule has 1 heterocycles. The van der Waals surface area contributed by atoms with Crippen LogP contribution in [0.4, 0.5) is 0 Å². The van der Waals surface area contributed by atoms with Gasteiger partial charge in [-0.25, -0.2) is 0 Å². The summed E-state index contributed by atoms with van der Waals surface area (Å²) in [5, 5.41) is 8.41. The van der Waals surface area contributed by atoms with Gasteiger partial charge in [0.15, 0.2) is 0 Å². The first-order valence-corrected chi connectivity index (χ1v) is 2.57. The number of ether oxygens (including phenoxy) is 1. The Morgan fingerprint density at radius 2 is 2.50 bits per heavy atom. The van der Waals surface area contributed by atoms with Gasteiger partial charge < -0.3 is 9.84 Å². The van der Waals surface area contributed by atoms with Crippen molar-refractivity contribution in [2.45, 2.75) is 19.1 Å². The fourth-order valence-corrected chi connectivity index (χ4v) is 0.551. The Kier molecular flexibility index (Phi) is 1.52. The minimum absolute atomic E-state index is 0.00227. The predicted molar refractivity (Wildman–Crippen MR) is 29.2 cm³/mol. The van der Waals surface area contributed by atoms with Crippen LogP contribution in [0.25, 0.3) is 0 Å². The van der Waals surface area contributed by atoms with Crippen LogP contribution < -0.4 is 0 Å². The van der Waals surface area contributed by atoms with Crippen LogP contribution >= 0.6 is 0 Å². The molecule has 2 heteroatoms. The van der Waals surface area contributed by atoms with Gasteiger partial charge in [-0.3, -0.25) is 0 Å². The van der Waals surface area contributed by atoms with Crippen LogP contribution in [0.1, 0.15) is 6.92 Å². The first kappa shape index (κ1) is 5.61. The molecule has 0 spiro atoms. The van der Waals surface area contributed by atoms with Crippen molar-refractivity contribution >= 4 is 0 Å². The van der Waals surface area contributed by atoms with E-state index < -0.39 is 0 Å². The third-order valence-electron chi connectivity index (χ3n) is 1.05. The SMILES string of the molecule is CC#C[C@@H]1O[C@H]1CO. The average Bonchev–Trinajstić information content (AvgIpc) is 2.48. The number of rotatable bonds is 1. The number of epoxide rings is 1. The summed E-state index contributed by atoms with van der Waals surface area (Å²) >= 11 is 0. The molecule has 1 saturated heterocycles. The molecule has 0 unspecified atom stereocenters. The molecule has 2 atom stereocenters. The summed E-state index contributed by atoms with van der Waals surface area (Å²) in [7, 11) is 0. The van der Waals surface area contributed by atoms with Crippen LogP contribution in [0.2, 0.25) is 0 Å². The molecule has 0 amide bonds. The molecule has 0 bridgehead atoms. The second-order valence-electron chi connectivity index (χ2n) is 1.67. The van der Waals surface area contributed by atoms with Crippen LogP contribution in [0.5, 0.6) is 0 Å². The van der Waals surface area contributed by atoms with Crippen LogP contribution in [0.15, 0.2) is 0 Å². The highest BCUT2D eigenvalue weighted by atomic mass is 16.6. The first-order valence-electron chi connectivity index (χ1n) is 2.57. The molecular formula is C6H8O2. The van der Waals surface area contributed by atoms with Crippen LogP contribution in [-0.2, 0) is 4.74 Å². The minimum Gasteiger partial charge on any atom is -0.394 e. The van der Waals surface area contributed by atoms with Crippen molar-refractivity contribution < 1.29 is 9.84 Å². The molecule has 0 aromatic heterocycles. The Morgan fingerprint density at radius 1 is 1.75 bits per heavy atom. The van der Waals surface area contributed by atoms with E-state index in [2.05, 4.69) is 11.8 Å². The molecule has 1 fully saturated rings. The van der Waals surface area contributed by atoms with Gasteiger partial charge in [0, 0.05) is 0 Å². The van der Waals surface area contributed by atoms with Crippen molar-refractivity contribution in [3.05, 3.63) is 0 Å². The number of aliphatic hydroxyl groups excluding tert-OH is 1. The Bertz CT molecular complexity index is 131. The molecule has 1 N–H and O–H groups in total. The van der Waals surface area contributed by atoms with Gasteiger partial charge >= 0.3 is 0 Å². The molecule has 8 heavy (non-hydrogen) atoms. The maximum Gasteiger partial charge on any atom is 0.147 e. The van der Waals surface area contributed by atoms with Gasteiger partial charge in [-0.2, -0.15) is 0 Å². The van der Waals surface area contributed by atoms with Gasteiger partial charge in [-0.05, 0) is 6.92 Å². The zero-order chi connectivity index (χ0) is 5.98. The normalized spacial score (nSPS) is 33.2. The zero-order valence-corrected chi connectivity index (χ0v) is 4.72. The van der Waals surface area contributed by atoms with E-state index in [1.807, 2.05) is 0 Å². The van der Waals surface area contributed by atoms with E-state index in [0.29, 0.717) is 0 Å². The lowest BCUT2D eigenvalue weighted by atomic mass is 10.3. The van der Waals surface area contributed by atoms with Crippen molar-refractivity contribution in [2.75, 3.05) is 6.61 Å². The average molecular weight is 112 g/mol. The lowest BCUT2D eigenvalue weighted by molar-refractivity contribution is 0.243. The summed E-state index contributed by atoms with van der Waals surface area (Å²) in [6.07, 6.45) is 0.0208. The van der Waals surface area contributed by atoms with Gasteiger partial charge in [0.1, 0.15) is 12.2 Å². The lowest BCUT2D eigenvalue weighted by Crippen LogP contribution is -1.95. The molecule has 0 saturated carbocycles. The van der Waals surface area contributed by atoms with Gasteiger partial charge in [-0.15, -0.1) is 5.92 Å². The topological polar surface area (TPSA) is 32.8 Å². The number of aliphatic hydroxyl groups is 1. The minimum atomic E-state index is 0.00227. The quantitative estimate of drug-likeness (QED) is 0.375. The highest BCUT2D eigenvalue weighted by Gasteiger charge is 2.36. The van der Waals surface area contributed by atoms with Gasteiger partial charge in [-0.1, -0.05) is 5.92 Å². The van der Waals surface area contributed by atoms with Crippen molar-refractivity contribution in [2.24, 2.45) is 0 Å². The van der Waals surface area contributed by atoms with Crippen molar-refractivity contribution in [3.8, 4) is 11.8 Å². The van der Waals surface area contributed by atoms with E-state index >= 15 is 0 Å². The Balaban J connectivity index is 2.23. The second-order valence-corrected chi connectivity index (χ2v) is 1.67. The maximum atomic E-state index is 8.41. The molecule has 1 aliphatic rings. The molecule has 0 aromatic rings. The van der Waals surface area contributed by atoms with E-state index in [0.717, 1.165) is 0 Å². The molecule has 0 aliphatic carbocycles. The third kappa shape index (κ3) is 1.00. The monoisotopic (exact) mass is 112 g/mol. The van der Waals surface area contributed by atoms with Crippen molar-refractivity contribution in [3.63, 3.8) is 0 Å². The highest BCUT2D eigenvalue weighted by molar-refractivity contribution is 5.12. The summed E-state index contributed by atoms with van der Waals surface area (Å²) in [5.74, 6) is 5.50. The molecule has 1 aliphatic heterocycles. The smallest absolute Gasteiger partial charge is 0.147 e. The van der Waals surface area contributed by atoms with Crippen molar-refractivity contribution in [1.82, 2.24) is 0 Å². The van der Waals surface area contributed by atoms with E-state index in [1.165, 1.54) is 0 Å². The highest BCUT2D eigenvalue weighted by Crippen LogP contribution is 2.19. The number of hydrogen-bond acceptors (Lipinski definition) is 2. The van der Waals surface area contributed by atoms with Crippen LogP contribution in [0, 0.1) is 11.8 Å². The standard InChI is InChI=1S/C6H8O2/c1-2-3-5-6(4-7)8-5/h5-7H,4H2,1H3/t5-,6-/m0/s1. The third-order valence-corrected chi connectivity index (χ3v) is 1.05. The molecular weight excluding hydrogens is 104 g/mol. The van der Waals surface area contributed by atoms with E-state index in [-0.39, 0.29) is 18.8 Å². The second kappa shape index (κ2) is 2.17. The fourth-order valence-electron chi connectivity index (χ4n) is 0.551. The summed E-state index contributed by atoms with van der Waals surface area (Å²) in [5.41, 5.74) is 0. The molecule has 1 rings (SSSR count). The van der Waals surface area contributed by atoms with E-state index in [9.17, 15) is 0 Å². The van der Waals surface area contributed by atoms with Gasteiger partial charge in [0.2, 0.25) is 0 Å². The zero-order valence-electron chi connectivity index (χ0n) is 4.72. The summed E-state index contributed by atoms with van der Waals surface area (Å²) in [6.45, 7) is 1.86. The Morgan fingerprint density at radius 3 is 2.88 bits per heavy atom. The lowest BCUT2D eigenvalue weighted by Gasteiger charge is -1.73. The summed E-state index contributed by atoms with van der Waals surface area (Å²) in [4.78, 5) is 0. The van der Waals surface area contributed by atoms with Crippen LogP contribution in [0.3, 0.4) is 0 Å². The largest absolute Gasteiger partial charge is 0.394 e. The van der Waals surface area contributed by atoms with Crippen molar-refractivity contribution in [1.29, 1.82) is 0 Å². The molecule has 44 valence electrons. The Hall–Kier alpha value is -0.520. The van der Waals surface area contributed by atoms with Crippen LogP contribution in [-0.4, -0.2) is 23.9 Å². The predicted octanol–water partition coefficient (Wildman–Crippen LogP) is -0.231. The molecule has 2 nitrogen and oxygen atoms in total. The first-order chi connectivity index (χ1) is 3.88.